The molecule has 1 amide bonds. The van der Waals surface area contributed by atoms with E-state index in [1.54, 1.807) is 6.21 Å². The first kappa shape index (κ1) is 15.9. The van der Waals surface area contributed by atoms with Crippen molar-refractivity contribution in [1.82, 2.24) is 5.01 Å². The molecule has 0 aliphatic carbocycles. The number of ketones is 1. The van der Waals surface area contributed by atoms with E-state index in [0.717, 1.165) is 28.3 Å². The van der Waals surface area contributed by atoms with E-state index in [1.807, 2.05) is 56.3 Å². The highest BCUT2D eigenvalue weighted by atomic mass is 16.2. The Kier molecular flexibility index (Phi) is 4.13. The lowest BCUT2D eigenvalue weighted by Crippen LogP contribution is -2.37. The first-order chi connectivity index (χ1) is 11.5. The summed E-state index contributed by atoms with van der Waals surface area (Å²) in [4.78, 5) is 24.3. The van der Waals surface area contributed by atoms with Crippen molar-refractivity contribution < 1.29 is 9.59 Å². The van der Waals surface area contributed by atoms with Crippen LogP contribution in [-0.4, -0.2) is 22.9 Å². The van der Waals surface area contributed by atoms with Crippen LogP contribution in [0.1, 0.15) is 33.9 Å². The molecule has 120 valence electrons. The number of benzene rings is 2. The summed E-state index contributed by atoms with van der Waals surface area (Å²) in [5.41, 5.74) is 5.11. The highest BCUT2D eigenvalue weighted by molar-refractivity contribution is 6.40. The van der Waals surface area contributed by atoms with Crippen LogP contribution in [0.25, 0.3) is 0 Å². The summed E-state index contributed by atoms with van der Waals surface area (Å²) < 4.78 is 0. The molecule has 2 aromatic carbocycles. The monoisotopic (exact) mass is 318 g/mol. The predicted molar refractivity (Wildman–Crippen MR) is 93.8 cm³/mol. The van der Waals surface area contributed by atoms with Gasteiger partial charge in [0.1, 0.15) is 6.04 Å². The summed E-state index contributed by atoms with van der Waals surface area (Å²) in [6.07, 6.45) is 2.64. The standard InChI is InChI=1S/C20H18N2O2/c1-4-18(23)20(24)22-19(15-10-9-13(2)14(3)11-15)17-8-6-5-7-16(17)12-21-22/h4-12,19H,1H2,2-3H3. The van der Waals surface area contributed by atoms with Gasteiger partial charge in [0.25, 0.3) is 0 Å². The van der Waals surface area contributed by atoms with Crippen LogP contribution in [0.4, 0.5) is 0 Å². The van der Waals surface area contributed by atoms with Gasteiger partial charge >= 0.3 is 5.91 Å². The van der Waals surface area contributed by atoms with Gasteiger partial charge in [0.05, 0.1) is 6.21 Å². The highest BCUT2D eigenvalue weighted by Crippen LogP contribution is 2.34. The zero-order valence-corrected chi connectivity index (χ0v) is 13.7. The number of hydrogen-bond acceptors (Lipinski definition) is 3. The largest absolute Gasteiger partial charge is 0.315 e. The van der Waals surface area contributed by atoms with Gasteiger partial charge < -0.3 is 0 Å². The van der Waals surface area contributed by atoms with Crippen molar-refractivity contribution in [2.24, 2.45) is 5.10 Å². The average molecular weight is 318 g/mol. The Hall–Kier alpha value is -3.01. The van der Waals surface area contributed by atoms with Crippen molar-refractivity contribution in [2.45, 2.75) is 19.9 Å². The second kappa shape index (κ2) is 6.24. The predicted octanol–water partition coefficient (Wildman–Crippen LogP) is 3.32. The Morgan fingerprint density at radius 1 is 1.12 bits per heavy atom. The molecule has 3 rings (SSSR count). The third-order valence-electron chi connectivity index (χ3n) is 4.31. The van der Waals surface area contributed by atoms with Gasteiger partial charge in [-0.3, -0.25) is 9.59 Å². The third-order valence-corrected chi connectivity index (χ3v) is 4.31. The van der Waals surface area contributed by atoms with E-state index >= 15 is 0 Å². The summed E-state index contributed by atoms with van der Waals surface area (Å²) in [5, 5.41) is 5.49. The molecule has 0 radical (unpaired) electrons. The fourth-order valence-corrected chi connectivity index (χ4v) is 2.83. The molecule has 2 aromatic rings. The van der Waals surface area contributed by atoms with Gasteiger partial charge in [0.15, 0.2) is 0 Å². The zero-order chi connectivity index (χ0) is 17.3. The van der Waals surface area contributed by atoms with E-state index in [0.29, 0.717) is 0 Å². The van der Waals surface area contributed by atoms with Gasteiger partial charge in [0.2, 0.25) is 5.78 Å². The molecule has 4 nitrogen and oxygen atoms in total. The van der Waals surface area contributed by atoms with E-state index in [1.165, 1.54) is 10.6 Å². The zero-order valence-electron chi connectivity index (χ0n) is 13.7. The molecule has 4 heteroatoms. The number of hydrazone groups is 1. The Bertz CT molecular complexity index is 868. The average Bonchev–Trinajstić information content (AvgIpc) is 2.61. The van der Waals surface area contributed by atoms with Crippen molar-refractivity contribution in [3.63, 3.8) is 0 Å². The Morgan fingerprint density at radius 3 is 2.58 bits per heavy atom. The fourth-order valence-electron chi connectivity index (χ4n) is 2.83. The molecule has 24 heavy (non-hydrogen) atoms. The molecule has 1 heterocycles. The number of hydrogen-bond donors (Lipinski definition) is 0. The first-order valence-electron chi connectivity index (χ1n) is 7.73. The SMILES string of the molecule is C=CC(=O)C(=O)N1N=Cc2ccccc2C1c1ccc(C)c(C)c1. The third kappa shape index (κ3) is 2.67. The van der Waals surface area contributed by atoms with Gasteiger partial charge in [-0.1, -0.05) is 49.0 Å². The van der Waals surface area contributed by atoms with Gasteiger partial charge in [-0.05, 0) is 42.2 Å². The Morgan fingerprint density at radius 2 is 1.88 bits per heavy atom. The number of carbonyl (C=O) groups is 2. The molecule has 0 saturated carbocycles. The van der Waals surface area contributed by atoms with Gasteiger partial charge in [-0.2, -0.15) is 5.10 Å². The lowest BCUT2D eigenvalue weighted by Gasteiger charge is -2.31. The molecule has 0 fully saturated rings. The number of rotatable bonds is 3. The molecule has 0 aromatic heterocycles. The van der Waals surface area contributed by atoms with Crippen LogP contribution < -0.4 is 0 Å². The van der Waals surface area contributed by atoms with Crippen molar-refractivity contribution in [1.29, 1.82) is 0 Å². The van der Waals surface area contributed by atoms with Crippen molar-refractivity contribution >= 4 is 17.9 Å². The minimum absolute atomic E-state index is 0.429. The smallest absolute Gasteiger partial charge is 0.284 e. The molecule has 0 saturated heterocycles. The lowest BCUT2D eigenvalue weighted by atomic mass is 9.91. The maximum absolute atomic E-state index is 12.5. The second-order valence-electron chi connectivity index (χ2n) is 5.84. The maximum Gasteiger partial charge on any atom is 0.315 e. The minimum Gasteiger partial charge on any atom is -0.284 e. The van der Waals surface area contributed by atoms with Crippen LogP contribution >= 0.6 is 0 Å². The summed E-state index contributed by atoms with van der Waals surface area (Å²) in [6, 6.07) is 13.4. The molecule has 0 N–H and O–H groups in total. The first-order valence-corrected chi connectivity index (χ1v) is 7.73. The molecule has 1 aliphatic rings. The molecular weight excluding hydrogens is 300 g/mol. The lowest BCUT2D eigenvalue weighted by molar-refractivity contribution is -0.143. The summed E-state index contributed by atoms with van der Waals surface area (Å²) in [6.45, 7) is 7.46. The molecular formula is C20H18N2O2. The van der Waals surface area contributed by atoms with Crippen LogP contribution in [0.2, 0.25) is 0 Å². The van der Waals surface area contributed by atoms with E-state index in [9.17, 15) is 9.59 Å². The van der Waals surface area contributed by atoms with E-state index < -0.39 is 17.7 Å². The van der Waals surface area contributed by atoms with Gasteiger partial charge in [-0.25, -0.2) is 5.01 Å². The summed E-state index contributed by atoms with van der Waals surface area (Å²) in [7, 11) is 0. The Balaban J connectivity index is 2.16. The number of amides is 1. The van der Waals surface area contributed by atoms with E-state index in [-0.39, 0.29) is 0 Å². The topological polar surface area (TPSA) is 49.7 Å². The fraction of sp³-hybridized carbons (Fsp3) is 0.150. The molecule has 0 bridgehead atoms. The van der Waals surface area contributed by atoms with Crippen LogP contribution in [-0.2, 0) is 9.59 Å². The minimum atomic E-state index is -0.681. The van der Waals surface area contributed by atoms with E-state index in [2.05, 4.69) is 11.7 Å². The number of carbonyl (C=O) groups excluding carboxylic acids is 2. The maximum atomic E-state index is 12.5. The van der Waals surface area contributed by atoms with Crippen LogP contribution in [0.5, 0.6) is 0 Å². The Labute approximate surface area is 141 Å². The summed E-state index contributed by atoms with van der Waals surface area (Å²) in [5.74, 6) is -1.35. The quantitative estimate of drug-likeness (QED) is 0.644. The summed E-state index contributed by atoms with van der Waals surface area (Å²) >= 11 is 0. The van der Waals surface area contributed by atoms with E-state index in [4.69, 9.17) is 0 Å². The van der Waals surface area contributed by atoms with Crippen LogP contribution in [0, 0.1) is 13.8 Å². The molecule has 0 spiro atoms. The second-order valence-corrected chi connectivity index (χ2v) is 5.84. The van der Waals surface area contributed by atoms with Crippen molar-refractivity contribution in [3.05, 3.63) is 82.9 Å². The molecule has 1 unspecified atom stereocenters. The normalized spacial score (nSPS) is 15.8. The van der Waals surface area contributed by atoms with Gasteiger partial charge in [0, 0.05) is 5.56 Å². The van der Waals surface area contributed by atoms with Crippen molar-refractivity contribution in [3.8, 4) is 0 Å². The highest BCUT2D eigenvalue weighted by Gasteiger charge is 2.33. The number of aryl methyl sites for hydroxylation is 2. The molecule has 1 atom stereocenters. The van der Waals surface area contributed by atoms with Crippen molar-refractivity contribution in [2.75, 3.05) is 0 Å². The number of nitrogens with zero attached hydrogens (tertiary/aromatic N) is 2. The van der Waals surface area contributed by atoms with Crippen LogP contribution in [0.3, 0.4) is 0 Å². The van der Waals surface area contributed by atoms with Gasteiger partial charge in [-0.15, -0.1) is 0 Å². The number of fused-ring (bicyclic) bond motifs is 1. The molecule has 1 aliphatic heterocycles. The van der Waals surface area contributed by atoms with Crippen LogP contribution in [0.15, 0.2) is 60.2 Å².